The van der Waals surface area contributed by atoms with Crippen LogP contribution in [0, 0.1) is 23.6 Å². The number of carbonyl (C=O) groups is 3. The maximum absolute atomic E-state index is 13.1. The quantitative estimate of drug-likeness (QED) is 0.570. The molecule has 1 saturated heterocycles. The average Bonchev–Trinajstić information content (AvgIpc) is 3.19. The Morgan fingerprint density at radius 3 is 2.76 bits per heavy atom. The van der Waals surface area contributed by atoms with Gasteiger partial charge in [-0.15, -0.1) is 0 Å². The molecule has 1 aromatic rings. The van der Waals surface area contributed by atoms with Crippen LogP contribution >= 0.6 is 0 Å². The van der Waals surface area contributed by atoms with Gasteiger partial charge in [0.2, 0.25) is 0 Å². The van der Waals surface area contributed by atoms with Crippen LogP contribution in [0.5, 0.6) is 0 Å². The minimum absolute atomic E-state index is 0.0584. The molecule has 1 aromatic carbocycles. The van der Waals surface area contributed by atoms with Gasteiger partial charge in [-0.2, -0.15) is 0 Å². The standard InChI is InChI=1S/C20H20FNO7/c1-2-7-27-19(26)22-10-29-18(25)20(22)14(8-13-15(16(13)20)17(23)24)28-9-11-3-5-12(21)6-4-11/h2-6,13-16H,1,7-10H2,(H,23,24). The van der Waals surface area contributed by atoms with Crippen molar-refractivity contribution in [2.24, 2.45) is 17.8 Å². The predicted molar refractivity (Wildman–Crippen MR) is 94.8 cm³/mol. The van der Waals surface area contributed by atoms with Gasteiger partial charge in [0.25, 0.3) is 0 Å². The van der Waals surface area contributed by atoms with Crippen LogP contribution < -0.4 is 0 Å². The van der Waals surface area contributed by atoms with Gasteiger partial charge in [-0.3, -0.25) is 9.69 Å². The van der Waals surface area contributed by atoms with Crippen molar-refractivity contribution in [3.8, 4) is 0 Å². The van der Waals surface area contributed by atoms with Crippen molar-refractivity contribution < 1.29 is 38.1 Å². The Bertz CT molecular complexity index is 857. The maximum Gasteiger partial charge on any atom is 0.413 e. The first-order valence-electron chi connectivity index (χ1n) is 9.22. The summed E-state index contributed by atoms with van der Waals surface area (Å²) < 4.78 is 29.3. The lowest BCUT2D eigenvalue weighted by molar-refractivity contribution is -0.152. The van der Waals surface area contributed by atoms with Gasteiger partial charge in [0.1, 0.15) is 12.4 Å². The zero-order valence-corrected chi connectivity index (χ0v) is 15.5. The Morgan fingerprint density at radius 1 is 1.38 bits per heavy atom. The molecule has 1 N–H and O–H groups in total. The highest BCUT2D eigenvalue weighted by molar-refractivity contribution is 5.93. The van der Waals surface area contributed by atoms with Crippen LogP contribution in [0.2, 0.25) is 0 Å². The third-order valence-corrected chi connectivity index (χ3v) is 5.95. The summed E-state index contributed by atoms with van der Waals surface area (Å²) in [5.41, 5.74) is -0.865. The molecular formula is C20H20FNO7. The van der Waals surface area contributed by atoms with Gasteiger partial charge in [0, 0.05) is 5.92 Å². The molecule has 5 atom stereocenters. The molecule has 8 nitrogen and oxygen atoms in total. The molecule has 154 valence electrons. The lowest BCUT2D eigenvalue weighted by Crippen LogP contribution is -2.60. The number of rotatable bonds is 6. The molecule has 0 radical (unpaired) electrons. The minimum atomic E-state index is -1.55. The van der Waals surface area contributed by atoms with Crippen LogP contribution in [-0.2, 0) is 30.4 Å². The summed E-state index contributed by atoms with van der Waals surface area (Å²) in [5.74, 6) is -3.74. The topological polar surface area (TPSA) is 102 Å². The molecule has 3 fully saturated rings. The van der Waals surface area contributed by atoms with Crippen LogP contribution in [0.25, 0.3) is 0 Å². The number of benzene rings is 1. The SMILES string of the molecule is C=CCOC(=O)N1COC(=O)C12C(OCc1ccc(F)cc1)CC1C(C(=O)O)C12. The van der Waals surface area contributed by atoms with E-state index < -0.39 is 41.5 Å². The number of fused-ring (bicyclic) bond motifs is 2. The molecule has 1 amide bonds. The molecule has 2 saturated carbocycles. The van der Waals surface area contributed by atoms with Crippen molar-refractivity contribution in [3.63, 3.8) is 0 Å². The third-order valence-electron chi connectivity index (χ3n) is 5.95. The van der Waals surface area contributed by atoms with Crippen LogP contribution in [0.15, 0.2) is 36.9 Å². The predicted octanol–water partition coefficient (Wildman–Crippen LogP) is 1.94. The van der Waals surface area contributed by atoms with E-state index in [1.54, 1.807) is 12.1 Å². The number of ether oxygens (including phenoxy) is 3. The Balaban J connectivity index is 1.61. The Kier molecular flexibility index (Phi) is 4.77. The number of hydrogen-bond acceptors (Lipinski definition) is 6. The number of carbonyl (C=O) groups excluding carboxylic acids is 2. The second kappa shape index (κ2) is 7.14. The van der Waals surface area contributed by atoms with Crippen molar-refractivity contribution in [1.82, 2.24) is 4.90 Å². The summed E-state index contributed by atoms with van der Waals surface area (Å²) >= 11 is 0. The van der Waals surface area contributed by atoms with Crippen molar-refractivity contribution in [2.75, 3.05) is 13.3 Å². The van der Waals surface area contributed by atoms with E-state index in [4.69, 9.17) is 14.2 Å². The fourth-order valence-corrected chi connectivity index (χ4v) is 4.71. The van der Waals surface area contributed by atoms with E-state index >= 15 is 0 Å². The Hall–Kier alpha value is -2.94. The molecule has 9 heteroatoms. The summed E-state index contributed by atoms with van der Waals surface area (Å²) in [6.07, 6.45) is 0.135. The molecule has 3 aliphatic rings. The molecule has 5 unspecified atom stereocenters. The van der Waals surface area contributed by atoms with Gasteiger partial charge < -0.3 is 19.3 Å². The zero-order chi connectivity index (χ0) is 20.8. The normalized spacial score (nSPS) is 32.0. The van der Waals surface area contributed by atoms with Gasteiger partial charge in [-0.1, -0.05) is 24.8 Å². The van der Waals surface area contributed by atoms with Crippen molar-refractivity contribution in [2.45, 2.75) is 24.7 Å². The Labute approximate surface area is 165 Å². The largest absolute Gasteiger partial charge is 0.481 e. The smallest absolute Gasteiger partial charge is 0.413 e. The second-order valence-corrected chi connectivity index (χ2v) is 7.40. The maximum atomic E-state index is 13.1. The van der Waals surface area contributed by atoms with Crippen LogP contribution in [0.4, 0.5) is 9.18 Å². The van der Waals surface area contributed by atoms with Crippen molar-refractivity contribution >= 4 is 18.0 Å². The summed E-state index contributed by atoms with van der Waals surface area (Å²) in [4.78, 5) is 38.2. The molecule has 1 heterocycles. The van der Waals surface area contributed by atoms with Crippen LogP contribution in [-0.4, -0.2) is 53.0 Å². The molecule has 0 aromatic heterocycles. The highest BCUT2D eigenvalue weighted by Gasteiger charge is 2.80. The highest BCUT2D eigenvalue weighted by atomic mass is 19.1. The fourth-order valence-electron chi connectivity index (χ4n) is 4.71. The third kappa shape index (κ3) is 2.96. The lowest BCUT2D eigenvalue weighted by atomic mass is 9.86. The Morgan fingerprint density at radius 2 is 2.10 bits per heavy atom. The van der Waals surface area contributed by atoms with Gasteiger partial charge in [-0.05, 0) is 30.0 Å². The van der Waals surface area contributed by atoms with E-state index in [0.717, 1.165) is 4.90 Å². The van der Waals surface area contributed by atoms with E-state index in [9.17, 15) is 23.9 Å². The number of carboxylic acids is 1. The van der Waals surface area contributed by atoms with Gasteiger partial charge >= 0.3 is 18.0 Å². The summed E-state index contributed by atoms with van der Waals surface area (Å²) in [6, 6.07) is 5.70. The van der Waals surface area contributed by atoms with E-state index in [0.29, 0.717) is 12.0 Å². The molecule has 2 aliphatic carbocycles. The van der Waals surface area contributed by atoms with Gasteiger partial charge in [0.15, 0.2) is 12.3 Å². The van der Waals surface area contributed by atoms with E-state index in [-0.39, 0.29) is 31.7 Å². The lowest BCUT2D eigenvalue weighted by Gasteiger charge is -2.37. The van der Waals surface area contributed by atoms with Gasteiger partial charge in [-0.25, -0.2) is 14.0 Å². The molecule has 0 bridgehead atoms. The van der Waals surface area contributed by atoms with Gasteiger partial charge in [0.05, 0.1) is 18.6 Å². The van der Waals surface area contributed by atoms with E-state index in [1.807, 2.05) is 0 Å². The van der Waals surface area contributed by atoms with Crippen molar-refractivity contribution in [3.05, 3.63) is 48.3 Å². The minimum Gasteiger partial charge on any atom is -0.481 e. The zero-order valence-electron chi connectivity index (χ0n) is 15.5. The molecular weight excluding hydrogens is 385 g/mol. The number of aliphatic carboxylic acids is 1. The number of cyclic esters (lactones) is 1. The van der Waals surface area contributed by atoms with E-state index in [2.05, 4.69) is 6.58 Å². The first kappa shape index (κ1) is 19.4. The molecule has 1 spiro atoms. The van der Waals surface area contributed by atoms with Crippen LogP contribution in [0.3, 0.4) is 0 Å². The first-order valence-corrected chi connectivity index (χ1v) is 9.22. The summed E-state index contributed by atoms with van der Waals surface area (Å²) in [7, 11) is 0. The van der Waals surface area contributed by atoms with Crippen LogP contribution in [0.1, 0.15) is 12.0 Å². The monoisotopic (exact) mass is 405 g/mol. The summed E-state index contributed by atoms with van der Waals surface area (Å²) in [5, 5.41) is 9.50. The van der Waals surface area contributed by atoms with Crippen molar-refractivity contribution in [1.29, 1.82) is 0 Å². The van der Waals surface area contributed by atoms with E-state index in [1.165, 1.54) is 18.2 Å². The first-order chi connectivity index (χ1) is 13.9. The molecule has 1 aliphatic heterocycles. The number of carboxylic acid groups (broad SMARTS) is 1. The average molecular weight is 405 g/mol. The number of halogens is 1. The number of nitrogens with zero attached hydrogens (tertiary/aromatic N) is 1. The molecule has 4 rings (SSSR count). The number of amides is 1. The number of hydrogen-bond donors (Lipinski definition) is 1. The fraction of sp³-hybridized carbons (Fsp3) is 0.450. The number of esters is 1. The second-order valence-electron chi connectivity index (χ2n) is 7.40. The molecule has 29 heavy (non-hydrogen) atoms. The highest BCUT2D eigenvalue weighted by Crippen LogP contribution is 2.66. The summed E-state index contributed by atoms with van der Waals surface area (Å²) in [6.45, 7) is 3.17.